The smallest absolute Gasteiger partial charge is 0.407 e. The molecule has 0 aliphatic heterocycles. The molecular formula is C20H27NO5. The van der Waals surface area contributed by atoms with Gasteiger partial charge in [0.25, 0.3) is 0 Å². The molecule has 0 atom stereocenters. The number of benzene rings is 1. The lowest BCUT2D eigenvalue weighted by atomic mass is 10.0. The first-order chi connectivity index (χ1) is 12.1. The summed E-state index contributed by atoms with van der Waals surface area (Å²) in [7, 11) is 0. The van der Waals surface area contributed by atoms with E-state index >= 15 is 0 Å². The van der Waals surface area contributed by atoms with Crippen LogP contribution < -0.4 is 15.7 Å². The molecule has 1 aromatic heterocycles. The van der Waals surface area contributed by atoms with Crippen molar-refractivity contribution >= 4 is 17.1 Å². The highest BCUT2D eigenvalue weighted by Crippen LogP contribution is 2.29. The van der Waals surface area contributed by atoms with E-state index in [4.69, 9.17) is 13.9 Å². The van der Waals surface area contributed by atoms with Crippen molar-refractivity contribution in [1.29, 1.82) is 0 Å². The first-order valence-electron chi connectivity index (χ1n) is 8.73. The van der Waals surface area contributed by atoms with Crippen molar-refractivity contribution < 1.29 is 18.7 Å². The Balaban J connectivity index is 1.96. The molecule has 0 aliphatic rings. The average molecular weight is 361 g/mol. The highest BCUT2D eigenvalue weighted by Gasteiger charge is 2.15. The molecule has 0 saturated heterocycles. The minimum atomic E-state index is -0.511. The molecule has 0 spiro atoms. The van der Waals surface area contributed by atoms with Gasteiger partial charge in [-0.15, -0.1) is 0 Å². The number of alkyl carbamates (subject to hydrolysis) is 1. The second kappa shape index (κ2) is 7.81. The van der Waals surface area contributed by atoms with Crippen molar-refractivity contribution in [2.24, 2.45) is 0 Å². The number of carbonyl (C=O) groups is 1. The van der Waals surface area contributed by atoms with E-state index in [-0.39, 0.29) is 5.63 Å². The van der Waals surface area contributed by atoms with Crippen LogP contribution in [0.1, 0.15) is 43.9 Å². The number of hydrogen-bond donors (Lipinski definition) is 1. The van der Waals surface area contributed by atoms with E-state index in [2.05, 4.69) is 5.32 Å². The van der Waals surface area contributed by atoms with E-state index in [0.29, 0.717) is 36.5 Å². The minimum absolute atomic E-state index is 0.322. The van der Waals surface area contributed by atoms with E-state index in [1.807, 2.05) is 46.8 Å². The van der Waals surface area contributed by atoms with Crippen molar-refractivity contribution in [1.82, 2.24) is 5.32 Å². The van der Waals surface area contributed by atoms with E-state index in [9.17, 15) is 9.59 Å². The number of amides is 1. The van der Waals surface area contributed by atoms with Crippen LogP contribution in [0.4, 0.5) is 4.79 Å². The summed E-state index contributed by atoms with van der Waals surface area (Å²) in [5.74, 6) is 0.668. The Morgan fingerprint density at radius 3 is 2.46 bits per heavy atom. The summed E-state index contributed by atoms with van der Waals surface area (Å²) >= 11 is 0. The largest absolute Gasteiger partial charge is 0.493 e. The minimum Gasteiger partial charge on any atom is -0.493 e. The van der Waals surface area contributed by atoms with Gasteiger partial charge in [-0.25, -0.2) is 9.59 Å². The third-order valence-electron chi connectivity index (χ3n) is 4.07. The van der Waals surface area contributed by atoms with Crippen molar-refractivity contribution in [3.05, 3.63) is 39.2 Å². The van der Waals surface area contributed by atoms with Crippen molar-refractivity contribution in [3.8, 4) is 5.75 Å². The first-order valence-corrected chi connectivity index (χ1v) is 8.73. The predicted octanol–water partition coefficient (Wildman–Crippen LogP) is 4.01. The van der Waals surface area contributed by atoms with Crippen LogP contribution in [0.5, 0.6) is 5.75 Å². The second-order valence-electron chi connectivity index (χ2n) is 7.34. The average Bonchev–Trinajstić information content (AvgIpc) is 2.53. The van der Waals surface area contributed by atoms with Gasteiger partial charge in [-0.1, -0.05) is 0 Å². The Kier molecular flexibility index (Phi) is 5.95. The summed E-state index contributed by atoms with van der Waals surface area (Å²) in [6.07, 6.45) is 0.195. The molecule has 1 N–H and O–H groups in total. The number of hydrogen-bond acceptors (Lipinski definition) is 5. The Bertz CT molecular complexity index is 861. The van der Waals surface area contributed by atoms with Gasteiger partial charge in [0, 0.05) is 23.1 Å². The maximum atomic E-state index is 11.9. The van der Waals surface area contributed by atoms with Crippen LogP contribution in [0.25, 0.3) is 11.0 Å². The molecule has 6 nitrogen and oxygen atoms in total. The highest BCUT2D eigenvalue weighted by molar-refractivity contribution is 5.85. The zero-order valence-corrected chi connectivity index (χ0v) is 16.3. The maximum Gasteiger partial charge on any atom is 0.407 e. The van der Waals surface area contributed by atoms with Gasteiger partial charge in [-0.05, 0) is 65.7 Å². The number of ether oxygens (including phenoxy) is 2. The molecule has 6 heteroatoms. The predicted molar refractivity (Wildman–Crippen MR) is 101 cm³/mol. The molecule has 0 aliphatic carbocycles. The molecular weight excluding hydrogens is 334 g/mol. The molecule has 1 aromatic carbocycles. The summed E-state index contributed by atoms with van der Waals surface area (Å²) in [4.78, 5) is 23.5. The molecule has 0 radical (unpaired) electrons. The molecule has 0 unspecified atom stereocenters. The van der Waals surface area contributed by atoms with E-state index in [0.717, 1.165) is 16.5 Å². The van der Waals surface area contributed by atoms with Crippen LogP contribution in [-0.4, -0.2) is 24.8 Å². The quantitative estimate of drug-likeness (QED) is 0.643. The Morgan fingerprint density at radius 1 is 1.12 bits per heavy atom. The lowest BCUT2D eigenvalue weighted by molar-refractivity contribution is 0.0525. The fraction of sp³-hybridized carbons (Fsp3) is 0.500. The SMILES string of the molecule is Cc1c(C)c2ccc(OCCCNC(=O)OC(C)(C)C)c(C)c2oc1=O. The Morgan fingerprint density at radius 2 is 1.81 bits per heavy atom. The van der Waals surface area contributed by atoms with Gasteiger partial charge in [0.2, 0.25) is 0 Å². The van der Waals surface area contributed by atoms with Gasteiger partial charge in [0.15, 0.2) is 0 Å². The first kappa shape index (κ1) is 19.8. The number of aryl methyl sites for hydroxylation is 2. The lowest BCUT2D eigenvalue weighted by Crippen LogP contribution is -2.33. The lowest BCUT2D eigenvalue weighted by Gasteiger charge is -2.19. The number of carbonyl (C=O) groups excluding carboxylic acids is 1. The number of rotatable bonds is 5. The normalized spacial score (nSPS) is 11.5. The fourth-order valence-electron chi connectivity index (χ4n) is 2.54. The van der Waals surface area contributed by atoms with Gasteiger partial charge in [0.05, 0.1) is 6.61 Å². The molecule has 2 aromatic rings. The van der Waals surface area contributed by atoms with Crippen molar-refractivity contribution in [2.75, 3.05) is 13.2 Å². The van der Waals surface area contributed by atoms with Crippen LogP contribution in [0.3, 0.4) is 0 Å². The molecule has 0 fully saturated rings. The standard InChI is InChI=1S/C20H27NO5/c1-12-13(2)18(22)25-17-14(3)16(9-8-15(12)17)24-11-7-10-21-19(23)26-20(4,5)6/h8-9H,7,10-11H2,1-6H3,(H,21,23). The van der Waals surface area contributed by atoms with E-state index < -0.39 is 11.7 Å². The fourth-order valence-corrected chi connectivity index (χ4v) is 2.54. The monoisotopic (exact) mass is 361 g/mol. The topological polar surface area (TPSA) is 77.8 Å². The number of nitrogens with one attached hydrogen (secondary N) is 1. The third-order valence-corrected chi connectivity index (χ3v) is 4.07. The van der Waals surface area contributed by atoms with Crippen LogP contribution >= 0.6 is 0 Å². The van der Waals surface area contributed by atoms with Crippen LogP contribution in [0.15, 0.2) is 21.3 Å². The van der Waals surface area contributed by atoms with Gasteiger partial charge in [0.1, 0.15) is 16.9 Å². The van der Waals surface area contributed by atoms with Crippen molar-refractivity contribution in [2.45, 2.75) is 53.6 Å². The highest BCUT2D eigenvalue weighted by atomic mass is 16.6. The Hall–Kier alpha value is -2.50. The zero-order valence-electron chi connectivity index (χ0n) is 16.3. The van der Waals surface area contributed by atoms with Crippen LogP contribution in [0, 0.1) is 20.8 Å². The number of fused-ring (bicyclic) bond motifs is 1. The van der Waals surface area contributed by atoms with Gasteiger partial charge < -0.3 is 19.2 Å². The third kappa shape index (κ3) is 4.77. The van der Waals surface area contributed by atoms with E-state index in [1.54, 1.807) is 6.92 Å². The summed E-state index contributed by atoms with van der Waals surface area (Å²) in [5, 5.41) is 3.61. The second-order valence-corrected chi connectivity index (χ2v) is 7.34. The Labute approximate surface area is 153 Å². The van der Waals surface area contributed by atoms with Crippen LogP contribution in [0.2, 0.25) is 0 Å². The molecule has 26 heavy (non-hydrogen) atoms. The molecule has 0 saturated carbocycles. The van der Waals surface area contributed by atoms with Crippen LogP contribution in [-0.2, 0) is 4.74 Å². The van der Waals surface area contributed by atoms with Crippen molar-refractivity contribution in [3.63, 3.8) is 0 Å². The molecule has 1 heterocycles. The summed E-state index contributed by atoms with van der Waals surface area (Å²) in [6.45, 7) is 11.9. The maximum absolute atomic E-state index is 11.9. The molecule has 2 rings (SSSR count). The summed E-state index contributed by atoms with van der Waals surface area (Å²) in [5.41, 5.74) is 2.07. The van der Waals surface area contributed by atoms with E-state index in [1.165, 1.54) is 0 Å². The van der Waals surface area contributed by atoms with Gasteiger partial charge in [-0.2, -0.15) is 0 Å². The molecule has 142 valence electrons. The summed E-state index contributed by atoms with van der Waals surface area (Å²) in [6, 6.07) is 3.79. The van der Waals surface area contributed by atoms with Gasteiger partial charge in [-0.3, -0.25) is 0 Å². The summed E-state index contributed by atoms with van der Waals surface area (Å²) < 4.78 is 16.4. The molecule has 0 bridgehead atoms. The molecule has 1 amide bonds. The van der Waals surface area contributed by atoms with Gasteiger partial charge >= 0.3 is 11.7 Å². The zero-order chi connectivity index (χ0) is 19.5.